The fourth-order valence-electron chi connectivity index (χ4n) is 1.26. The Morgan fingerprint density at radius 2 is 1.93 bits per heavy atom. The first-order chi connectivity index (χ1) is 6.36. The van der Waals surface area contributed by atoms with Crippen molar-refractivity contribution in [3.05, 3.63) is 28.3 Å². The molecule has 1 aromatic carbocycles. The van der Waals surface area contributed by atoms with Crippen LogP contribution < -0.4 is 0 Å². The average molecular weight is 210 g/mol. The van der Waals surface area contributed by atoms with Gasteiger partial charge in [0.1, 0.15) is 11.8 Å². The van der Waals surface area contributed by atoms with Crippen LogP contribution in [-0.4, -0.2) is 5.11 Å². The van der Waals surface area contributed by atoms with Crippen LogP contribution in [0, 0.1) is 11.3 Å². The van der Waals surface area contributed by atoms with Crippen molar-refractivity contribution in [1.29, 1.82) is 5.26 Å². The first-order valence-corrected chi connectivity index (χ1v) is 4.67. The summed E-state index contributed by atoms with van der Waals surface area (Å²) in [7, 11) is 0. The summed E-state index contributed by atoms with van der Waals surface area (Å²) in [4.78, 5) is 0. The maximum atomic E-state index is 9.77. The quantitative estimate of drug-likeness (QED) is 0.713. The van der Waals surface area contributed by atoms with Gasteiger partial charge in [0.25, 0.3) is 0 Å². The molecule has 0 amide bonds. The highest BCUT2D eigenvalue weighted by atomic mass is 35.5. The zero-order valence-electron chi connectivity index (χ0n) is 8.43. The Morgan fingerprint density at radius 1 is 1.36 bits per heavy atom. The van der Waals surface area contributed by atoms with E-state index in [1.165, 1.54) is 6.07 Å². The second-order valence-corrected chi connectivity index (χ2v) is 4.65. The molecule has 74 valence electrons. The first-order valence-electron chi connectivity index (χ1n) is 4.29. The first kappa shape index (κ1) is 10.9. The van der Waals surface area contributed by atoms with Crippen molar-refractivity contribution in [2.75, 3.05) is 0 Å². The third-order valence-corrected chi connectivity index (χ3v) is 2.22. The number of nitriles is 1. The normalized spacial score (nSPS) is 11.1. The Labute approximate surface area is 88.7 Å². The Balaban J connectivity index is 3.47. The molecule has 0 saturated carbocycles. The fraction of sp³-hybridized carbons (Fsp3) is 0.364. The van der Waals surface area contributed by atoms with Crippen molar-refractivity contribution in [1.82, 2.24) is 0 Å². The van der Waals surface area contributed by atoms with Crippen molar-refractivity contribution in [3.63, 3.8) is 0 Å². The molecule has 1 N–H and O–H groups in total. The number of phenols is 1. The monoisotopic (exact) mass is 209 g/mol. The maximum Gasteiger partial charge on any atom is 0.137 e. The Kier molecular flexibility index (Phi) is 2.73. The van der Waals surface area contributed by atoms with Crippen LogP contribution in [0.15, 0.2) is 12.1 Å². The largest absolute Gasteiger partial charge is 0.506 e. The lowest BCUT2D eigenvalue weighted by Gasteiger charge is -2.21. The molecule has 0 radical (unpaired) electrons. The average Bonchev–Trinajstić information content (AvgIpc) is 2.06. The molecule has 1 rings (SSSR count). The van der Waals surface area contributed by atoms with Gasteiger partial charge in [-0.25, -0.2) is 0 Å². The van der Waals surface area contributed by atoms with Gasteiger partial charge in [-0.05, 0) is 17.5 Å². The van der Waals surface area contributed by atoms with Gasteiger partial charge in [-0.3, -0.25) is 0 Å². The Hall–Kier alpha value is -1.20. The van der Waals surface area contributed by atoms with Gasteiger partial charge in [0.2, 0.25) is 0 Å². The summed E-state index contributed by atoms with van der Waals surface area (Å²) in [6, 6.07) is 5.07. The summed E-state index contributed by atoms with van der Waals surface area (Å²) in [5.41, 5.74) is 0.699. The molecule has 0 aliphatic carbocycles. The van der Waals surface area contributed by atoms with Gasteiger partial charge in [0.05, 0.1) is 5.56 Å². The van der Waals surface area contributed by atoms with E-state index in [9.17, 15) is 5.11 Å². The predicted molar refractivity (Wildman–Crippen MR) is 56.5 cm³/mol. The van der Waals surface area contributed by atoms with Crippen LogP contribution in [0.2, 0.25) is 5.02 Å². The summed E-state index contributed by atoms with van der Waals surface area (Å²) < 4.78 is 0. The van der Waals surface area contributed by atoms with Crippen LogP contribution in [-0.2, 0) is 5.41 Å². The number of hydrogen-bond donors (Lipinski definition) is 1. The van der Waals surface area contributed by atoms with Crippen LogP contribution in [0.5, 0.6) is 5.75 Å². The summed E-state index contributed by atoms with van der Waals surface area (Å²) >= 11 is 5.84. The second kappa shape index (κ2) is 3.51. The highest BCUT2D eigenvalue weighted by Crippen LogP contribution is 2.35. The predicted octanol–water partition coefficient (Wildman–Crippen LogP) is 3.21. The van der Waals surface area contributed by atoms with E-state index in [1.54, 1.807) is 6.07 Å². The lowest BCUT2D eigenvalue weighted by molar-refractivity contribution is 0.445. The van der Waals surface area contributed by atoms with Crippen molar-refractivity contribution in [2.45, 2.75) is 26.2 Å². The summed E-state index contributed by atoms with van der Waals surface area (Å²) in [6.07, 6.45) is 0. The summed E-state index contributed by atoms with van der Waals surface area (Å²) in [5, 5.41) is 19.0. The third-order valence-electron chi connectivity index (χ3n) is 2.00. The van der Waals surface area contributed by atoms with E-state index >= 15 is 0 Å². The van der Waals surface area contributed by atoms with Gasteiger partial charge < -0.3 is 5.11 Å². The van der Waals surface area contributed by atoms with Gasteiger partial charge >= 0.3 is 0 Å². The molecular weight excluding hydrogens is 198 g/mol. The molecular formula is C11H12ClNO. The van der Waals surface area contributed by atoms with Gasteiger partial charge in [-0.15, -0.1) is 0 Å². The van der Waals surface area contributed by atoms with E-state index in [2.05, 4.69) is 0 Å². The molecule has 2 nitrogen and oxygen atoms in total. The van der Waals surface area contributed by atoms with Crippen LogP contribution in [0.3, 0.4) is 0 Å². The molecule has 0 atom stereocenters. The standard InChI is InChI=1S/C11H12ClNO/c1-11(2,3)9-5-8(12)4-7(6-13)10(9)14/h4-5,14H,1-3H3. The lowest BCUT2D eigenvalue weighted by atomic mass is 9.85. The van der Waals surface area contributed by atoms with E-state index in [0.717, 1.165) is 0 Å². The van der Waals surface area contributed by atoms with Crippen molar-refractivity contribution >= 4 is 11.6 Å². The molecule has 0 unspecified atom stereocenters. The minimum absolute atomic E-state index is 0.0319. The van der Waals surface area contributed by atoms with Crippen LogP contribution in [0.4, 0.5) is 0 Å². The number of benzene rings is 1. The molecule has 0 fully saturated rings. The molecule has 0 bridgehead atoms. The van der Waals surface area contributed by atoms with Gasteiger partial charge in [-0.1, -0.05) is 32.4 Å². The summed E-state index contributed by atoms with van der Waals surface area (Å²) in [5.74, 6) is 0.0319. The number of rotatable bonds is 0. The molecule has 0 aliphatic rings. The molecule has 3 heteroatoms. The van der Waals surface area contributed by atoms with Crippen molar-refractivity contribution in [2.24, 2.45) is 0 Å². The summed E-state index contributed by atoms with van der Waals surface area (Å²) in [6.45, 7) is 5.87. The number of halogens is 1. The van der Waals surface area contributed by atoms with Crippen LogP contribution in [0.1, 0.15) is 31.9 Å². The molecule has 0 aromatic heterocycles. The number of hydrogen-bond acceptors (Lipinski definition) is 2. The smallest absolute Gasteiger partial charge is 0.137 e. The van der Waals surface area contributed by atoms with Gasteiger partial charge in [-0.2, -0.15) is 5.26 Å². The van der Waals surface area contributed by atoms with E-state index in [-0.39, 0.29) is 16.7 Å². The second-order valence-electron chi connectivity index (χ2n) is 4.21. The molecule has 1 aromatic rings. The topological polar surface area (TPSA) is 44.0 Å². The minimum Gasteiger partial charge on any atom is -0.506 e. The minimum atomic E-state index is -0.222. The molecule has 0 heterocycles. The van der Waals surface area contributed by atoms with E-state index < -0.39 is 0 Å². The van der Waals surface area contributed by atoms with Crippen LogP contribution >= 0.6 is 11.6 Å². The molecule has 0 aliphatic heterocycles. The van der Waals surface area contributed by atoms with Gasteiger partial charge in [0.15, 0.2) is 0 Å². The Morgan fingerprint density at radius 3 is 2.36 bits per heavy atom. The SMILES string of the molecule is CC(C)(C)c1cc(Cl)cc(C#N)c1O. The highest BCUT2D eigenvalue weighted by molar-refractivity contribution is 6.30. The van der Waals surface area contributed by atoms with Crippen LogP contribution in [0.25, 0.3) is 0 Å². The number of phenolic OH excluding ortho intramolecular Hbond substituents is 1. The van der Waals surface area contributed by atoms with Crippen molar-refractivity contribution < 1.29 is 5.11 Å². The fourth-order valence-corrected chi connectivity index (χ4v) is 1.47. The zero-order valence-corrected chi connectivity index (χ0v) is 9.18. The van der Waals surface area contributed by atoms with E-state index in [4.69, 9.17) is 16.9 Å². The molecule has 14 heavy (non-hydrogen) atoms. The van der Waals surface area contributed by atoms with Crippen molar-refractivity contribution in [3.8, 4) is 11.8 Å². The molecule has 0 spiro atoms. The molecule has 0 saturated heterocycles. The van der Waals surface area contributed by atoms with Gasteiger partial charge in [0, 0.05) is 10.6 Å². The van der Waals surface area contributed by atoms with E-state index in [0.29, 0.717) is 10.6 Å². The maximum absolute atomic E-state index is 9.77. The number of aromatic hydroxyl groups is 1. The Bertz CT molecular complexity index is 399. The number of nitrogens with zero attached hydrogens (tertiary/aromatic N) is 1. The zero-order chi connectivity index (χ0) is 10.9. The third kappa shape index (κ3) is 2.00. The lowest BCUT2D eigenvalue weighted by Crippen LogP contribution is -2.11. The van der Waals surface area contributed by atoms with E-state index in [1.807, 2.05) is 26.8 Å². The highest BCUT2D eigenvalue weighted by Gasteiger charge is 2.20.